The molecule has 0 spiro atoms. The molecule has 6 nitrogen and oxygen atoms in total. The summed E-state index contributed by atoms with van der Waals surface area (Å²) in [4.78, 5) is 12.5. The average Bonchev–Trinajstić information content (AvgIpc) is 2.62. The highest BCUT2D eigenvalue weighted by molar-refractivity contribution is 7.91. The van der Waals surface area contributed by atoms with Crippen LogP contribution in [0.4, 0.5) is 0 Å². The zero-order valence-corrected chi connectivity index (χ0v) is 15.0. The molecule has 0 aliphatic carbocycles. The molecule has 1 amide bonds. The number of amides is 1. The maximum atomic E-state index is 12.5. The lowest BCUT2D eigenvalue weighted by Crippen LogP contribution is -2.52. The van der Waals surface area contributed by atoms with Gasteiger partial charge in [0, 0.05) is 12.5 Å². The summed E-state index contributed by atoms with van der Waals surface area (Å²) >= 11 is 0. The van der Waals surface area contributed by atoms with Crippen LogP contribution in [0.3, 0.4) is 0 Å². The SMILES string of the molecule is O=C(N[C@@H]1CCOC[C@H]1OCc1ccccc1)C1CCS(=O)(=O)CC1. The van der Waals surface area contributed by atoms with Gasteiger partial charge in [-0.2, -0.15) is 0 Å². The number of nitrogens with one attached hydrogen (secondary N) is 1. The number of sulfone groups is 1. The molecular weight excluding hydrogens is 342 g/mol. The van der Waals surface area contributed by atoms with Gasteiger partial charge in [0.05, 0.1) is 30.8 Å². The smallest absolute Gasteiger partial charge is 0.223 e. The standard InChI is InChI=1S/C18H25NO5S/c20-18(15-7-10-25(21,22)11-8-15)19-16-6-9-23-13-17(16)24-12-14-4-2-1-3-5-14/h1-5,15-17H,6-13H2,(H,19,20)/t16-,17-/m1/s1. The van der Waals surface area contributed by atoms with Crippen LogP contribution in [0, 0.1) is 5.92 Å². The number of carbonyl (C=O) groups is 1. The monoisotopic (exact) mass is 367 g/mol. The van der Waals surface area contributed by atoms with Crippen LogP contribution < -0.4 is 5.32 Å². The van der Waals surface area contributed by atoms with Gasteiger partial charge >= 0.3 is 0 Å². The third-order valence-corrected chi connectivity index (χ3v) is 6.58. The Morgan fingerprint density at radius 3 is 2.60 bits per heavy atom. The Labute approximate surface area is 148 Å². The molecule has 2 atom stereocenters. The summed E-state index contributed by atoms with van der Waals surface area (Å²) in [5, 5.41) is 3.06. The molecule has 7 heteroatoms. The lowest BCUT2D eigenvalue weighted by Gasteiger charge is -2.33. The molecule has 3 rings (SSSR count). The van der Waals surface area contributed by atoms with Gasteiger partial charge in [0.2, 0.25) is 5.91 Å². The highest BCUT2D eigenvalue weighted by atomic mass is 32.2. The minimum absolute atomic E-state index is 0.0601. The summed E-state index contributed by atoms with van der Waals surface area (Å²) in [6, 6.07) is 9.79. The minimum Gasteiger partial charge on any atom is -0.379 e. The molecule has 0 saturated carbocycles. The van der Waals surface area contributed by atoms with Gasteiger partial charge in [0.15, 0.2) is 0 Å². The second kappa shape index (κ2) is 8.29. The normalized spacial score (nSPS) is 26.9. The maximum Gasteiger partial charge on any atom is 0.223 e. The van der Waals surface area contributed by atoms with Gasteiger partial charge in [-0.25, -0.2) is 8.42 Å². The first-order chi connectivity index (χ1) is 12.0. The van der Waals surface area contributed by atoms with Crippen molar-refractivity contribution in [2.75, 3.05) is 24.7 Å². The molecule has 1 N–H and O–H groups in total. The van der Waals surface area contributed by atoms with Crippen molar-refractivity contribution in [1.29, 1.82) is 0 Å². The Hall–Kier alpha value is -1.44. The minimum atomic E-state index is -2.96. The van der Waals surface area contributed by atoms with E-state index in [-0.39, 0.29) is 35.5 Å². The highest BCUT2D eigenvalue weighted by Gasteiger charge is 2.33. The van der Waals surface area contributed by atoms with Gasteiger partial charge in [-0.15, -0.1) is 0 Å². The fraction of sp³-hybridized carbons (Fsp3) is 0.611. The van der Waals surface area contributed by atoms with E-state index >= 15 is 0 Å². The van der Waals surface area contributed by atoms with Crippen LogP contribution in [0.25, 0.3) is 0 Å². The van der Waals surface area contributed by atoms with Gasteiger partial charge < -0.3 is 14.8 Å². The van der Waals surface area contributed by atoms with Crippen molar-refractivity contribution in [2.24, 2.45) is 5.92 Å². The van der Waals surface area contributed by atoms with Crippen molar-refractivity contribution in [2.45, 2.75) is 38.0 Å². The van der Waals surface area contributed by atoms with Crippen LogP contribution in [0.2, 0.25) is 0 Å². The number of ether oxygens (including phenoxy) is 2. The van der Waals surface area contributed by atoms with E-state index in [1.165, 1.54) is 0 Å². The molecule has 2 aliphatic rings. The Balaban J connectivity index is 1.53. The van der Waals surface area contributed by atoms with E-state index in [0.29, 0.717) is 39.1 Å². The van der Waals surface area contributed by atoms with Gasteiger partial charge in [0.1, 0.15) is 15.9 Å². The Morgan fingerprint density at radius 2 is 1.88 bits per heavy atom. The van der Waals surface area contributed by atoms with Gasteiger partial charge in [-0.05, 0) is 24.8 Å². The molecule has 25 heavy (non-hydrogen) atoms. The summed E-state index contributed by atoms with van der Waals surface area (Å²) in [5.41, 5.74) is 1.08. The van der Waals surface area contributed by atoms with Crippen molar-refractivity contribution in [3.63, 3.8) is 0 Å². The summed E-state index contributed by atoms with van der Waals surface area (Å²) in [5.74, 6) is -0.0733. The largest absolute Gasteiger partial charge is 0.379 e. The van der Waals surface area contributed by atoms with Crippen molar-refractivity contribution in [3.8, 4) is 0 Å². The van der Waals surface area contributed by atoms with Crippen LogP contribution in [0.15, 0.2) is 30.3 Å². The third-order valence-electron chi connectivity index (χ3n) is 4.86. The predicted octanol–water partition coefficient (Wildman–Crippen LogP) is 1.30. The fourth-order valence-corrected chi connectivity index (χ4v) is 4.76. The van der Waals surface area contributed by atoms with E-state index in [2.05, 4.69) is 5.32 Å². The van der Waals surface area contributed by atoms with Gasteiger partial charge in [-0.1, -0.05) is 30.3 Å². The van der Waals surface area contributed by atoms with E-state index in [1.807, 2.05) is 30.3 Å². The zero-order chi connectivity index (χ0) is 17.7. The molecule has 2 aliphatic heterocycles. The first-order valence-corrected chi connectivity index (χ1v) is 10.6. The van der Waals surface area contributed by atoms with Crippen LogP contribution in [-0.4, -0.2) is 51.2 Å². The van der Waals surface area contributed by atoms with Crippen molar-refractivity contribution in [1.82, 2.24) is 5.32 Å². The summed E-state index contributed by atoms with van der Waals surface area (Å²) in [6.07, 6.45) is 1.33. The van der Waals surface area contributed by atoms with Gasteiger partial charge in [0.25, 0.3) is 0 Å². The number of rotatable bonds is 5. The lowest BCUT2D eigenvalue weighted by atomic mass is 9.99. The van der Waals surface area contributed by atoms with Crippen molar-refractivity contribution in [3.05, 3.63) is 35.9 Å². The molecule has 0 bridgehead atoms. The first-order valence-electron chi connectivity index (χ1n) is 8.77. The lowest BCUT2D eigenvalue weighted by molar-refractivity contribution is -0.130. The van der Waals surface area contributed by atoms with E-state index in [1.54, 1.807) is 0 Å². The highest BCUT2D eigenvalue weighted by Crippen LogP contribution is 2.21. The molecule has 1 aromatic rings. The molecule has 0 aromatic heterocycles. The molecular formula is C18H25NO5S. The Bertz CT molecular complexity index is 662. The molecule has 0 radical (unpaired) electrons. The summed E-state index contributed by atoms with van der Waals surface area (Å²) in [6.45, 7) is 1.52. The molecule has 2 heterocycles. The van der Waals surface area contributed by atoms with Gasteiger partial charge in [-0.3, -0.25) is 4.79 Å². The second-order valence-electron chi connectivity index (χ2n) is 6.74. The molecule has 1 aromatic carbocycles. The molecule has 2 fully saturated rings. The number of hydrogen-bond acceptors (Lipinski definition) is 5. The van der Waals surface area contributed by atoms with Crippen LogP contribution in [-0.2, 0) is 30.7 Å². The van der Waals surface area contributed by atoms with E-state index < -0.39 is 9.84 Å². The van der Waals surface area contributed by atoms with E-state index in [4.69, 9.17) is 9.47 Å². The van der Waals surface area contributed by atoms with E-state index in [9.17, 15) is 13.2 Å². The topological polar surface area (TPSA) is 81.7 Å². The molecule has 2 saturated heterocycles. The zero-order valence-electron chi connectivity index (χ0n) is 14.2. The Kier molecular flexibility index (Phi) is 6.09. The number of carbonyl (C=O) groups excluding carboxylic acids is 1. The third kappa shape index (κ3) is 5.26. The van der Waals surface area contributed by atoms with Crippen LogP contribution in [0.5, 0.6) is 0 Å². The van der Waals surface area contributed by atoms with E-state index in [0.717, 1.165) is 5.56 Å². The van der Waals surface area contributed by atoms with Crippen molar-refractivity contribution < 1.29 is 22.7 Å². The average molecular weight is 367 g/mol. The Morgan fingerprint density at radius 1 is 1.16 bits per heavy atom. The fourth-order valence-electron chi connectivity index (χ4n) is 3.27. The number of benzene rings is 1. The molecule has 0 unspecified atom stereocenters. The first kappa shape index (κ1) is 18.4. The number of hydrogen-bond donors (Lipinski definition) is 1. The van der Waals surface area contributed by atoms with Crippen molar-refractivity contribution >= 4 is 15.7 Å². The molecule has 138 valence electrons. The summed E-state index contributed by atoms with van der Waals surface area (Å²) in [7, 11) is -2.96. The quantitative estimate of drug-likeness (QED) is 0.848. The second-order valence-corrected chi connectivity index (χ2v) is 9.04. The maximum absolute atomic E-state index is 12.5. The summed E-state index contributed by atoms with van der Waals surface area (Å²) < 4.78 is 34.5. The van der Waals surface area contributed by atoms with Crippen LogP contribution >= 0.6 is 0 Å². The predicted molar refractivity (Wildman–Crippen MR) is 93.8 cm³/mol. The van der Waals surface area contributed by atoms with Crippen LogP contribution in [0.1, 0.15) is 24.8 Å².